The first-order valence-electron chi connectivity index (χ1n) is 10.4. The average Bonchev–Trinajstić information content (AvgIpc) is 3.21. The SMILES string of the molecule is CCCC1CCC([Si@@H](c2ccccc2)C2CCCC2CCC)C1. The molecule has 0 nitrogen and oxygen atoms in total. The monoisotopic (exact) mass is 328 g/mol. The van der Waals surface area contributed by atoms with Crippen LogP contribution in [0.2, 0.25) is 11.1 Å². The van der Waals surface area contributed by atoms with Crippen LogP contribution in [-0.4, -0.2) is 8.80 Å². The maximum atomic E-state index is 2.49. The second-order valence-electron chi connectivity index (χ2n) is 8.31. The number of benzene rings is 1. The molecule has 1 heteroatoms. The van der Waals surface area contributed by atoms with Crippen LogP contribution in [0.5, 0.6) is 0 Å². The van der Waals surface area contributed by atoms with Crippen molar-refractivity contribution in [3.8, 4) is 0 Å². The Morgan fingerprint density at radius 1 is 0.913 bits per heavy atom. The lowest BCUT2D eigenvalue weighted by molar-refractivity contribution is 0.482. The van der Waals surface area contributed by atoms with E-state index in [0.717, 1.165) is 22.9 Å². The molecule has 2 aliphatic carbocycles. The van der Waals surface area contributed by atoms with Crippen molar-refractivity contribution >= 4 is 14.0 Å². The lowest BCUT2D eigenvalue weighted by Gasteiger charge is -2.32. The zero-order valence-electron chi connectivity index (χ0n) is 15.3. The van der Waals surface area contributed by atoms with E-state index < -0.39 is 8.80 Å². The van der Waals surface area contributed by atoms with E-state index in [-0.39, 0.29) is 0 Å². The normalized spacial score (nSPS) is 32.3. The van der Waals surface area contributed by atoms with Crippen molar-refractivity contribution < 1.29 is 0 Å². The minimum atomic E-state index is -0.850. The molecule has 0 N–H and O–H groups in total. The van der Waals surface area contributed by atoms with Crippen LogP contribution < -0.4 is 5.19 Å². The quantitative estimate of drug-likeness (QED) is 0.533. The molecule has 0 heterocycles. The summed E-state index contributed by atoms with van der Waals surface area (Å²) in [7, 11) is -0.850. The van der Waals surface area contributed by atoms with E-state index in [0.29, 0.717) is 0 Å². The Morgan fingerprint density at radius 2 is 1.70 bits per heavy atom. The van der Waals surface area contributed by atoms with Crippen LogP contribution in [0.25, 0.3) is 0 Å². The highest BCUT2D eigenvalue weighted by Crippen LogP contribution is 2.49. The molecule has 0 saturated heterocycles. The van der Waals surface area contributed by atoms with Crippen LogP contribution in [0.1, 0.15) is 78.1 Å². The fourth-order valence-electron chi connectivity index (χ4n) is 5.92. The van der Waals surface area contributed by atoms with Crippen molar-refractivity contribution in [3.63, 3.8) is 0 Å². The molecule has 0 aliphatic heterocycles. The standard InChI is InChI=1S/C22H36Si/c1-3-9-18-15-16-21(17-18)23(20-12-6-5-7-13-20)22-14-8-11-19(22)10-4-2/h5-7,12-13,18-19,21-23H,3-4,8-11,14-17H2,1-2H3/t18?,19?,21?,22?,23-/m1/s1. The first-order chi connectivity index (χ1) is 11.3. The molecular weight excluding hydrogens is 292 g/mol. The van der Waals surface area contributed by atoms with Gasteiger partial charge in [-0.1, -0.05) is 107 Å². The van der Waals surface area contributed by atoms with E-state index >= 15 is 0 Å². The van der Waals surface area contributed by atoms with Gasteiger partial charge in [0.05, 0.1) is 8.80 Å². The summed E-state index contributed by atoms with van der Waals surface area (Å²) in [4.78, 5) is 0. The van der Waals surface area contributed by atoms with E-state index in [1.807, 2.05) is 0 Å². The summed E-state index contributed by atoms with van der Waals surface area (Å²) in [5.74, 6) is 2.11. The van der Waals surface area contributed by atoms with Gasteiger partial charge in [-0.05, 0) is 29.3 Å². The smallest absolute Gasteiger partial charge is 0.0654 e. The topological polar surface area (TPSA) is 0 Å². The summed E-state index contributed by atoms with van der Waals surface area (Å²) in [5.41, 5.74) is 2.19. The van der Waals surface area contributed by atoms with Crippen LogP contribution >= 0.6 is 0 Å². The Hall–Kier alpha value is -0.563. The van der Waals surface area contributed by atoms with Crippen molar-refractivity contribution in [1.82, 2.24) is 0 Å². The van der Waals surface area contributed by atoms with Gasteiger partial charge in [0, 0.05) is 0 Å². The molecule has 0 bridgehead atoms. The van der Waals surface area contributed by atoms with Gasteiger partial charge < -0.3 is 0 Å². The van der Waals surface area contributed by atoms with E-state index in [4.69, 9.17) is 0 Å². The summed E-state index contributed by atoms with van der Waals surface area (Å²) in [6.07, 6.45) is 15.0. The molecule has 23 heavy (non-hydrogen) atoms. The third kappa shape index (κ3) is 4.10. The predicted octanol–water partition coefficient (Wildman–Crippen LogP) is 6.06. The molecule has 3 rings (SSSR count). The van der Waals surface area contributed by atoms with Crippen LogP contribution in [0.4, 0.5) is 0 Å². The zero-order valence-corrected chi connectivity index (χ0v) is 16.5. The minimum Gasteiger partial charge on any atom is -0.0654 e. The molecule has 4 unspecified atom stereocenters. The second-order valence-corrected chi connectivity index (χ2v) is 11.8. The second kappa shape index (κ2) is 8.51. The highest BCUT2D eigenvalue weighted by atomic mass is 28.3. The molecule has 1 aromatic carbocycles. The number of hydrogen-bond acceptors (Lipinski definition) is 0. The van der Waals surface area contributed by atoms with Gasteiger partial charge in [-0.3, -0.25) is 0 Å². The fraction of sp³-hybridized carbons (Fsp3) is 0.727. The Kier molecular flexibility index (Phi) is 6.39. The molecule has 0 aromatic heterocycles. The van der Waals surface area contributed by atoms with Gasteiger partial charge in [0.1, 0.15) is 0 Å². The highest BCUT2D eigenvalue weighted by Gasteiger charge is 2.41. The molecule has 128 valence electrons. The number of hydrogen-bond donors (Lipinski definition) is 0. The minimum absolute atomic E-state index is 0.850. The highest BCUT2D eigenvalue weighted by molar-refractivity contribution is 6.76. The summed E-state index contributed by atoms with van der Waals surface area (Å²) in [5, 5.41) is 1.79. The summed E-state index contributed by atoms with van der Waals surface area (Å²) >= 11 is 0. The zero-order chi connectivity index (χ0) is 16.1. The van der Waals surface area contributed by atoms with Crippen LogP contribution in [0, 0.1) is 11.8 Å². The number of rotatable bonds is 7. The van der Waals surface area contributed by atoms with E-state index in [1.54, 1.807) is 24.4 Å². The average molecular weight is 329 g/mol. The van der Waals surface area contributed by atoms with Gasteiger partial charge in [-0.15, -0.1) is 0 Å². The molecule has 5 atom stereocenters. The van der Waals surface area contributed by atoms with Crippen LogP contribution in [0.3, 0.4) is 0 Å². The Bertz CT molecular complexity index is 454. The third-order valence-electron chi connectivity index (χ3n) is 6.81. The molecule has 2 aliphatic rings. The first-order valence-corrected chi connectivity index (χ1v) is 12.3. The van der Waals surface area contributed by atoms with Gasteiger partial charge in [0.25, 0.3) is 0 Å². The molecule has 1 aromatic rings. The van der Waals surface area contributed by atoms with E-state index in [1.165, 1.54) is 44.9 Å². The maximum Gasteiger partial charge on any atom is 0.0772 e. The van der Waals surface area contributed by atoms with Crippen molar-refractivity contribution in [2.75, 3.05) is 0 Å². The van der Waals surface area contributed by atoms with Crippen molar-refractivity contribution in [1.29, 1.82) is 0 Å². The van der Waals surface area contributed by atoms with E-state index in [9.17, 15) is 0 Å². The predicted molar refractivity (Wildman–Crippen MR) is 105 cm³/mol. The molecule has 2 saturated carbocycles. The molecule has 0 amide bonds. The van der Waals surface area contributed by atoms with Crippen LogP contribution in [0.15, 0.2) is 30.3 Å². The first kappa shape index (κ1) is 17.3. The fourth-order valence-corrected chi connectivity index (χ4v) is 11.1. The molecule has 0 spiro atoms. The van der Waals surface area contributed by atoms with Crippen molar-refractivity contribution in [3.05, 3.63) is 30.3 Å². The van der Waals surface area contributed by atoms with Gasteiger partial charge in [0.2, 0.25) is 0 Å². The lowest BCUT2D eigenvalue weighted by atomic mass is 10.0. The van der Waals surface area contributed by atoms with E-state index in [2.05, 4.69) is 44.2 Å². The van der Waals surface area contributed by atoms with Gasteiger partial charge in [-0.2, -0.15) is 0 Å². The molecular formula is C22H36Si. The van der Waals surface area contributed by atoms with Gasteiger partial charge in [-0.25, -0.2) is 0 Å². The van der Waals surface area contributed by atoms with Gasteiger partial charge in [0.15, 0.2) is 0 Å². The summed E-state index contributed by atoms with van der Waals surface area (Å²) < 4.78 is 0. The lowest BCUT2D eigenvalue weighted by Crippen LogP contribution is -2.40. The largest absolute Gasteiger partial charge is 0.0772 e. The van der Waals surface area contributed by atoms with Crippen molar-refractivity contribution in [2.24, 2.45) is 11.8 Å². The summed E-state index contributed by atoms with van der Waals surface area (Å²) in [6.45, 7) is 4.76. The maximum absolute atomic E-state index is 2.49. The Morgan fingerprint density at radius 3 is 2.43 bits per heavy atom. The van der Waals surface area contributed by atoms with Crippen molar-refractivity contribution in [2.45, 2.75) is 89.1 Å². The van der Waals surface area contributed by atoms with Crippen LogP contribution in [-0.2, 0) is 0 Å². The Labute approximate surface area is 145 Å². The molecule has 2 fully saturated rings. The summed E-state index contributed by atoms with van der Waals surface area (Å²) in [6, 6.07) is 11.8. The Balaban J connectivity index is 1.80. The third-order valence-corrected chi connectivity index (χ3v) is 11.4. The van der Waals surface area contributed by atoms with Gasteiger partial charge >= 0.3 is 0 Å². The molecule has 0 radical (unpaired) electrons.